The lowest BCUT2D eigenvalue weighted by Crippen LogP contribution is -2.27. The molecule has 1 N–H and O–H groups in total. The highest BCUT2D eigenvalue weighted by atomic mass is 35.5. The van der Waals surface area contributed by atoms with Crippen molar-refractivity contribution in [2.24, 2.45) is 0 Å². The van der Waals surface area contributed by atoms with Crippen molar-refractivity contribution < 1.29 is 9.18 Å². The third kappa shape index (κ3) is 4.06. The number of hydrogen-bond acceptors (Lipinski definition) is 2. The number of nitrogens with one attached hydrogen (secondary N) is 1. The molecule has 1 heterocycles. The average molecular weight is 296 g/mol. The molecule has 0 aliphatic rings. The zero-order valence-corrected chi connectivity index (χ0v) is 11.6. The lowest BCUT2D eigenvalue weighted by atomic mass is 10.1. The van der Waals surface area contributed by atoms with Crippen LogP contribution < -0.4 is 5.32 Å². The minimum absolute atomic E-state index is 0.0483. The molecule has 0 atom stereocenters. The molecule has 0 saturated carbocycles. The number of carbonyl (C=O) groups excluding carboxylic acids is 1. The third-order valence-electron chi connectivity index (χ3n) is 2.84. The summed E-state index contributed by atoms with van der Waals surface area (Å²) in [6.07, 6.45) is 4.28. The van der Waals surface area contributed by atoms with Crippen LogP contribution in [0.4, 0.5) is 4.39 Å². The Labute approximate surface area is 121 Å². The molecule has 106 valence electrons. The first kappa shape index (κ1) is 14.5. The minimum atomic E-state index is -0.454. The summed E-state index contributed by atoms with van der Waals surface area (Å²) in [5.41, 5.74) is 0.235. The fourth-order valence-electron chi connectivity index (χ4n) is 1.83. The van der Waals surface area contributed by atoms with Crippen LogP contribution in [-0.2, 0) is 17.8 Å². The first-order chi connectivity index (χ1) is 9.66. The summed E-state index contributed by atoms with van der Waals surface area (Å²) in [4.78, 5) is 11.7. The Balaban J connectivity index is 1.75. The molecule has 0 bridgehead atoms. The quantitative estimate of drug-likeness (QED) is 0.832. The van der Waals surface area contributed by atoms with Gasteiger partial charge in [0.15, 0.2) is 0 Å². The van der Waals surface area contributed by atoms with Crippen molar-refractivity contribution >= 4 is 17.5 Å². The van der Waals surface area contributed by atoms with E-state index in [1.165, 1.54) is 12.1 Å². The summed E-state index contributed by atoms with van der Waals surface area (Å²) in [5.74, 6) is -0.693. The topological polar surface area (TPSA) is 46.9 Å². The van der Waals surface area contributed by atoms with Crippen molar-refractivity contribution in [1.29, 1.82) is 0 Å². The SMILES string of the molecule is O=C(Cc1c(F)cccc1Cl)NCCCn1cccn1. The molecule has 1 amide bonds. The molecule has 1 aromatic carbocycles. The molecule has 6 heteroatoms. The Morgan fingerprint density at radius 2 is 2.25 bits per heavy atom. The molecule has 20 heavy (non-hydrogen) atoms. The second-order valence-corrected chi connectivity index (χ2v) is 4.76. The number of carbonyl (C=O) groups is 1. The Morgan fingerprint density at radius 3 is 2.95 bits per heavy atom. The van der Waals surface area contributed by atoms with Gasteiger partial charge in [-0.15, -0.1) is 0 Å². The van der Waals surface area contributed by atoms with Crippen LogP contribution in [0.2, 0.25) is 5.02 Å². The Bertz CT molecular complexity index is 552. The van der Waals surface area contributed by atoms with E-state index in [-0.39, 0.29) is 22.9 Å². The highest BCUT2D eigenvalue weighted by Crippen LogP contribution is 2.19. The summed E-state index contributed by atoms with van der Waals surface area (Å²) in [6.45, 7) is 1.25. The van der Waals surface area contributed by atoms with Crippen LogP contribution in [0, 0.1) is 5.82 Å². The Hall–Kier alpha value is -1.88. The maximum absolute atomic E-state index is 13.5. The molecule has 4 nitrogen and oxygen atoms in total. The fraction of sp³-hybridized carbons (Fsp3) is 0.286. The maximum atomic E-state index is 13.5. The molecule has 0 spiro atoms. The van der Waals surface area contributed by atoms with Gasteiger partial charge in [0, 0.05) is 36.1 Å². The molecule has 0 aliphatic carbocycles. The summed E-state index contributed by atoms with van der Waals surface area (Å²) < 4.78 is 15.3. The van der Waals surface area contributed by atoms with Crippen LogP contribution in [0.1, 0.15) is 12.0 Å². The van der Waals surface area contributed by atoms with Gasteiger partial charge in [0.05, 0.1) is 6.42 Å². The van der Waals surface area contributed by atoms with Crippen LogP contribution in [0.15, 0.2) is 36.7 Å². The molecule has 0 fully saturated rings. The van der Waals surface area contributed by atoms with Gasteiger partial charge in [-0.1, -0.05) is 17.7 Å². The molecule has 0 saturated heterocycles. The first-order valence-corrected chi connectivity index (χ1v) is 6.71. The van der Waals surface area contributed by atoms with E-state index in [9.17, 15) is 9.18 Å². The zero-order valence-electron chi connectivity index (χ0n) is 10.9. The minimum Gasteiger partial charge on any atom is -0.356 e. The predicted octanol–water partition coefficient (Wildman–Crippen LogP) is 2.42. The van der Waals surface area contributed by atoms with Crippen LogP contribution in [0.3, 0.4) is 0 Å². The number of hydrogen-bond donors (Lipinski definition) is 1. The van der Waals surface area contributed by atoms with Crippen molar-refractivity contribution in [3.05, 3.63) is 53.1 Å². The second-order valence-electron chi connectivity index (χ2n) is 4.35. The number of aromatic nitrogens is 2. The summed E-state index contributed by atoms with van der Waals surface area (Å²) in [7, 11) is 0. The van der Waals surface area contributed by atoms with E-state index in [1.807, 2.05) is 12.3 Å². The molecule has 2 aromatic rings. The van der Waals surface area contributed by atoms with Crippen LogP contribution in [-0.4, -0.2) is 22.2 Å². The Morgan fingerprint density at radius 1 is 1.40 bits per heavy atom. The van der Waals surface area contributed by atoms with Crippen molar-refractivity contribution in [3.63, 3.8) is 0 Å². The summed E-state index contributed by atoms with van der Waals surface area (Å²) in [5, 5.41) is 7.08. The van der Waals surface area contributed by atoms with E-state index >= 15 is 0 Å². The smallest absolute Gasteiger partial charge is 0.224 e. The van der Waals surface area contributed by atoms with Gasteiger partial charge < -0.3 is 5.32 Å². The van der Waals surface area contributed by atoms with Crippen molar-refractivity contribution in [1.82, 2.24) is 15.1 Å². The maximum Gasteiger partial charge on any atom is 0.224 e. The number of halogens is 2. The van der Waals surface area contributed by atoms with Crippen molar-refractivity contribution in [3.8, 4) is 0 Å². The largest absolute Gasteiger partial charge is 0.356 e. The zero-order chi connectivity index (χ0) is 14.4. The first-order valence-electron chi connectivity index (χ1n) is 6.34. The Kier molecular flexibility index (Phi) is 5.12. The van der Waals surface area contributed by atoms with E-state index in [0.29, 0.717) is 6.54 Å². The third-order valence-corrected chi connectivity index (χ3v) is 3.20. The van der Waals surface area contributed by atoms with Gasteiger partial charge in [0.2, 0.25) is 5.91 Å². The molecule has 0 radical (unpaired) electrons. The van der Waals surface area contributed by atoms with E-state index in [0.717, 1.165) is 13.0 Å². The highest BCUT2D eigenvalue weighted by Gasteiger charge is 2.11. The number of aryl methyl sites for hydroxylation is 1. The number of benzene rings is 1. The fourth-order valence-corrected chi connectivity index (χ4v) is 2.06. The highest BCUT2D eigenvalue weighted by molar-refractivity contribution is 6.31. The molecule has 1 aromatic heterocycles. The summed E-state index contributed by atoms with van der Waals surface area (Å²) >= 11 is 5.87. The molecule has 0 aliphatic heterocycles. The van der Waals surface area contributed by atoms with Crippen LogP contribution in [0.25, 0.3) is 0 Å². The van der Waals surface area contributed by atoms with Gasteiger partial charge in [-0.3, -0.25) is 9.48 Å². The number of rotatable bonds is 6. The lowest BCUT2D eigenvalue weighted by Gasteiger charge is -2.07. The van der Waals surface area contributed by atoms with E-state index < -0.39 is 5.82 Å². The second kappa shape index (κ2) is 7.05. The van der Waals surface area contributed by atoms with E-state index in [1.54, 1.807) is 16.9 Å². The van der Waals surface area contributed by atoms with E-state index in [2.05, 4.69) is 10.4 Å². The average Bonchev–Trinajstić information content (AvgIpc) is 2.92. The van der Waals surface area contributed by atoms with Gasteiger partial charge in [-0.25, -0.2) is 4.39 Å². The van der Waals surface area contributed by atoms with Gasteiger partial charge in [0.25, 0.3) is 0 Å². The van der Waals surface area contributed by atoms with Crippen molar-refractivity contribution in [2.75, 3.05) is 6.54 Å². The van der Waals surface area contributed by atoms with Gasteiger partial charge in [0.1, 0.15) is 5.82 Å². The van der Waals surface area contributed by atoms with Gasteiger partial charge in [-0.05, 0) is 24.6 Å². The van der Waals surface area contributed by atoms with Gasteiger partial charge in [-0.2, -0.15) is 5.10 Å². The van der Waals surface area contributed by atoms with Crippen LogP contribution in [0.5, 0.6) is 0 Å². The lowest BCUT2D eigenvalue weighted by molar-refractivity contribution is -0.120. The molecule has 0 unspecified atom stereocenters. The monoisotopic (exact) mass is 295 g/mol. The predicted molar refractivity (Wildman–Crippen MR) is 75.0 cm³/mol. The molecule has 2 rings (SSSR count). The van der Waals surface area contributed by atoms with Gasteiger partial charge >= 0.3 is 0 Å². The molecular weight excluding hydrogens is 281 g/mol. The normalized spacial score (nSPS) is 10.5. The number of amides is 1. The van der Waals surface area contributed by atoms with Crippen molar-refractivity contribution in [2.45, 2.75) is 19.4 Å². The standard InChI is InChI=1S/C14H15ClFN3O/c15-12-4-1-5-13(16)11(12)10-14(20)17-6-2-8-19-9-3-7-18-19/h1,3-5,7,9H,2,6,8,10H2,(H,17,20). The number of nitrogens with zero attached hydrogens (tertiary/aromatic N) is 2. The summed E-state index contributed by atoms with van der Waals surface area (Å²) in [6, 6.07) is 6.24. The molecular formula is C14H15ClFN3O. The van der Waals surface area contributed by atoms with E-state index in [4.69, 9.17) is 11.6 Å². The van der Waals surface area contributed by atoms with Crippen LogP contribution >= 0.6 is 11.6 Å².